The topological polar surface area (TPSA) is 656 Å². The molecule has 3 fully saturated rings. The van der Waals surface area contributed by atoms with E-state index in [0.29, 0.717) is 53.8 Å². The molecule has 3 aliphatic heterocycles. The molecule has 0 unspecified atom stereocenters. The maximum atomic E-state index is 13.5. The van der Waals surface area contributed by atoms with Crippen LogP contribution in [0, 0.1) is 0 Å². The van der Waals surface area contributed by atoms with Gasteiger partial charge in [-0.2, -0.15) is 0 Å². The zero-order valence-corrected chi connectivity index (χ0v) is 86.4. The number of nitrogens with one attached hydrogen (secondary N) is 6. The van der Waals surface area contributed by atoms with E-state index in [1.807, 2.05) is 36.4 Å². The van der Waals surface area contributed by atoms with Gasteiger partial charge in [0.25, 0.3) is 0 Å². The molecule has 0 radical (unpaired) electrons. The highest BCUT2D eigenvalue weighted by Crippen LogP contribution is 2.42. The summed E-state index contributed by atoms with van der Waals surface area (Å²) in [6.45, 7) is 14.7. The van der Waals surface area contributed by atoms with Gasteiger partial charge in [-0.25, -0.2) is 14.4 Å². The Hall–Kier alpha value is -14.0. The number of esters is 12. The van der Waals surface area contributed by atoms with E-state index in [1.165, 1.54) is 42.1 Å². The molecule has 4 aliphatic rings. The molecule has 0 aromatic heterocycles. The summed E-state index contributed by atoms with van der Waals surface area (Å²) in [5, 5.41) is 14.5. The van der Waals surface area contributed by atoms with Crippen molar-refractivity contribution in [3.8, 4) is 34.5 Å². The second-order valence-electron chi connectivity index (χ2n) is 33.5. The number of methoxy groups -OCH3 is 3. The van der Waals surface area contributed by atoms with Crippen LogP contribution in [0.4, 0.5) is 14.4 Å². The van der Waals surface area contributed by atoms with E-state index >= 15 is 0 Å². The van der Waals surface area contributed by atoms with E-state index in [0.717, 1.165) is 116 Å². The Morgan fingerprint density at radius 2 is 0.433 bits per heavy atom. The SMILES string of the molecule is COc1cc2c(cc1OCCOCCOCCOC(=O)N[C@@H](C)C(=O)N[C@@H]1O[C@H](COC(C)=O)[C@H](OC(C)=O)[C@H](OC(C)=O)[C@H]1OC(C)=O)Cc1cc(OC)c(OCCOCCOCCOC(=O)N[C@@H](C)C(=O)N[C@@H]3O[C@H](COC(C)=O)[C@H](OC(C)=O)[C@H](OC(C)=O)[C@H]3OC(C)=O)cc1Cc1cc(OC)c(OCCOCCOCCOC(=O)N[C@@H](C)C(=O)N[C@@H]3O[C@H](COC(C)=O)[C@H](OC(C)=O)[C@H](OC(C)=O)[C@H]3OC(C)=O)cc1C2. The third-order valence-electron chi connectivity index (χ3n) is 21.6. The molecule has 0 spiro atoms. The summed E-state index contributed by atoms with van der Waals surface area (Å²) in [6.07, 6.45) is -24.9. The Kier molecular flexibility index (Phi) is 51.7. The van der Waals surface area contributed by atoms with Crippen LogP contribution in [0.1, 0.15) is 137 Å². The number of alkyl carbamates (subject to hydrolysis) is 3. The summed E-state index contributed by atoms with van der Waals surface area (Å²) >= 11 is 0. The molecule has 150 heavy (non-hydrogen) atoms. The number of carbonyl (C=O) groups excluding carboxylic acids is 18. The standard InChI is InChI=1S/C96H132N6O48/c1-49(88(115)100-91-85(145-61(13)112)82(142-58(10)109)79(139-55(7)106)76(148-91)46-136-52(4)103)97-94(118)133-34-28-127-22-19-124-25-31-130-73-43-67-37-65-41-71(122-17)75(132-33-27-126-21-24-129-30-36-135-96(120)99-51(3)90(117)102-93-87(147-63(15)114)84(144-60(12)111)81(141-57(9)108)78(150-93)48-138-54(6)105)45-69(65)39-66-42-72(123-18)74(44-68(66)38-64(67)40-70(73)121-16)131-32-26-125-20-23-128-29-35-134-95(119)98-50(2)89(116)101-92-86(146-62(14)113)83(143-59(11)110)80(140-56(8)107)77(149-92)47-137-53(5)104/h40-45,49-51,76-87,91-93H,19-39,46-48H2,1-18H3,(H,97,118)(H,98,119)(H,99,120)(H,100,115)(H,101,116)(H,102,117)/t49-,50-,51-,76+,77+,78+,79-,80-,81-,82-,83-,84-,85+,86+,87+,91+,92+,93+/m0/s1. The smallest absolute Gasteiger partial charge is 0.407 e. The van der Waals surface area contributed by atoms with Gasteiger partial charge in [0.1, 0.15) is 95.9 Å². The van der Waals surface area contributed by atoms with Crippen molar-refractivity contribution in [3.63, 3.8) is 0 Å². The molecule has 0 saturated carbocycles. The van der Waals surface area contributed by atoms with Gasteiger partial charge >= 0.3 is 89.9 Å². The molecule has 7 rings (SSSR count). The highest BCUT2D eigenvalue weighted by molar-refractivity contribution is 5.87. The third kappa shape index (κ3) is 41.8. The van der Waals surface area contributed by atoms with Crippen molar-refractivity contribution >= 4 is 108 Å². The van der Waals surface area contributed by atoms with Gasteiger partial charge in [0.05, 0.1) is 101 Å². The molecule has 0 bridgehead atoms. The van der Waals surface area contributed by atoms with Crippen LogP contribution in [-0.4, -0.2) is 378 Å². The number of amides is 6. The Labute approximate surface area is 862 Å². The van der Waals surface area contributed by atoms with Crippen molar-refractivity contribution < 1.29 is 228 Å². The van der Waals surface area contributed by atoms with Gasteiger partial charge in [0.15, 0.2) is 108 Å². The minimum absolute atomic E-state index is 0.0475. The number of hydrogen-bond acceptors (Lipinski definition) is 48. The van der Waals surface area contributed by atoms with Crippen LogP contribution < -0.4 is 60.3 Å². The van der Waals surface area contributed by atoms with E-state index < -0.39 is 238 Å². The molecule has 6 N–H and O–H groups in total. The maximum absolute atomic E-state index is 13.5. The number of benzene rings is 3. The van der Waals surface area contributed by atoms with Crippen molar-refractivity contribution in [1.82, 2.24) is 31.9 Å². The van der Waals surface area contributed by atoms with Gasteiger partial charge in [-0.1, -0.05) is 0 Å². The van der Waals surface area contributed by atoms with E-state index in [1.54, 1.807) is 0 Å². The summed E-state index contributed by atoms with van der Waals surface area (Å²) < 4.78 is 169. The molecule has 3 heterocycles. The van der Waals surface area contributed by atoms with Crippen LogP contribution in [-0.2, 0) is 205 Å². The molecule has 1 aliphatic carbocycles. The Morgan fingerprint density at radius 1 is 0.247 bits per heavy atom. The summed E-state index contributed by atoms with van der Waals surface area (Å²) in [7, 11) is 4.51. The maximum Gasteiger partial charge on any atom is 0.407 e. The Balaban J connectivity index is 0.941. The number of hydrogen-bond donors (Lipinski definition) is 6. The monoisotopic (exact) mass is 2140 g/mol. The molecular weight excluding hydrogens is 2010 g/mol. The van der Waals surface area contributed by atoms with Crippen LogP contribution in [0.3, 0.4) is 0 Å². The van der Waals surface area contributed by atoms with Crippen LogP contribution in [0.15, 0.2) is 36.4 Å². The van der Waals surface area contributed by atoms with Gasteiger partial charge in [-0.15, -0.1) is 0 Å². The molecule has 18 atom stereocenters. The molecule has 54 heteroatoms. The first-order valence-corrected chi connectivity index (χ1v) is 47.4. The van der Waals surface area contributed by atoms with Gasteiger partial charge in [0, 0.05) is 83.1 Å². The summed E-state index contributed by atoms with van der Waals surface area (Å²) in [4.78, 5) is 225. The van der Waals surface area contributed by atoms with Gasteiger partial charge in [-0.05, 0) is 110 Å². The molecule has 6 amide bonds. The zero-order valence-electron chi connectivity index (χ0n) is 86.4. The lowest BCUT2D eigenvalue weighted by Crippen LogP contribution is -2.67. The normalized spacial score (nSPS) is 21.0. The number of ether oxygens (including phenoxy) is 30. The molecule has 3 aromatic carbocycles. The average molecular weight is 2140 g/mol. The number of carbonyl (C=O) groups is 18. The minimum atomic E-state index is -1.61. The number of rotatable bonds is 57. The predicted octanol–water partition coefficient (Wildman–Crippen LogP) is 0.976. The Morgan fingerprint density at radius 3 is 0.633 bits per heavy atom. The first-order valence-electron chi connectivity index (χ1n) is 47.4. The van der Waals surface area contributed by atoms with E-state index in [4.69, 9.17) is 142 Å². The van der Waals surface area contributed by atoms with Crippen LogP contribution in [0.5, 0.6) is 34.5 Å². The number of fused-ring (bicyclic) bond motifs is 3. The van der Waals surface area contributed by atoms with Gasteiger partial charge in [-0.3, -0.25) is 71.9 Å². The summed E-state index contributed by atoms with van der Waals surface area (Å²) in [6, 6.07) is 7.34. The fraction of sp³-hybridized carbons (Fsp3) is 0.625. The van der Waals surface area contributed by atoms with E-state index in [2.05, 4.69) is 31.9 Å². The minimum Gasteiger partial charge on any atom is -0.493 e. The van der Waals surface area contributed by atoms with Crippen LogP contribution in [0.25, 0.3) is 0 Å². The van der Waals surface area contributed by atoms with Crippen molar-refractivity contribution in [2.75, 3.05) is 160 Å². The first-order chi connectivity index (χ1) is 71.3. The van der Waals surface area contributed by atoms with Gasteiger partial charge in [0.2, 0.25) is 17.7 Å². The fourth-order valence-corrected chi connectivity index (χ4v) is 15.2. The van der Waals surface area contributed by atoms with Crippen molar-refractivity contribution in [1.29, 1.82) is 0 Å². The molecule has 3 saturated heterocycles. The fourth-order valence-electron chi connectivity index (χ4n) is 15.2. The van der Waals surface area contributed by atoms with E-state index in [-0.39, 0.29) is 119 Å². The lowest BCUT2D eigenvalue weighted by atomic mass is 9.94. The van der Waals surface area contributed by atoms with Crippen molar-refractivity contribution in [2.24, 2.45) is 0 Å². The second-order valence-corrected chi connectivity index (χ2v) is 33.5. The highest BCUT2D eigenvalue weighted by Gasteiger charge is 2.57. The second kappa shape index (κ2) is 63.1. The third-order valence-corrected chi connectivity index (χ3v) is 21.6. The van der Waals surface area contributed by atoms with Crippen LogP contribution in [0.2, 0.25) is 0 Å². The van der Waals surface area contributed by atoms with Crippen molar-refractivity contribution in [3.05, 3.63) is 69.8 Å². The molecule has 834 valence electrons. The average Bonchev–Trinajstić information content (AvgIpc) is 1.64. The quantitative estimate of drug-likeness (QED) is 0.0204. The largest absolute Gasteiger partial charge is 0.493 e. The lowest BCUT2D eigenvalue weighted by molar-refractivity contribution is -0.257. The summed E-state index contributed by atoms with van der Waals surface area (Å²) in [5.41, 5.74) is 5.08. The first kappa shape index (κ1) is 123. The predicted molar refractivity (Wildman–Crippen MR) is 501 cm³/mol. The lowest BCUT2D eigenvalue weighted by Gasteiger charge is -2.44. The highest BCUT2D eigenvalue weighted by atomic mass is 16.7. The molecular formula is C96H132N6O48. The van der Waals surface area contributed by atoms with Crippen molar-refractivity contribution in [2.45, 2.75) is 233 Å². The zero-order chi connectivity index (χ0) is 110. The van der Waals surface area contributed by atoms with Crippen LogP contribution >= 0.6 is 0 Å². The summed E-state index contributed by atoms with van der Waals surface area (Å²) in [5.74, 6) is -10.5. The Bertz CT molecular complexity index is 4590. The molecule has 54 nitrogen and oxygen atoms in total. The van der Waals surface area contributed by atoms with E-state index in [9.17, 15) is 86.3 Å². The molecule has 3 aromatic rings. The van der Waals surface area contributed by atoms with Gasteiger partial charge < -0.3 is 174 Å².